The molecule has 32 heavy (non-hydrogen) atoms. The molecule has 0 atom stereocenters. The molecular weight excluding hydrogens is 408 g/mol. The summed E-state index contributed by atoms with van der Waals surface area (Å²) in [7, 11) is 0. The van der Waals surface area contributed by atoms with Crippen LogP contribution in [0.3, 0.4) is 0 Å². The third-order valence-electron chi connectivity index (χ3n) is 5.87. The van der Waals surface area contributed by atoms with Gasteiger partial charge in [0.2, 0.25) is 0 Å². The Morgan fingerprint density at radius 3 is 2.06 bits per heavy atom. The molecule has 0 saturated heterocycles. The first-order valence-corrected chi connectivity index (χ1v) is 12.0. The van der Waals surface area contributed by atoms with Crippen LogP contribution in [0.15, 0.2) is 93.7 Å². The van der Waals surface area contributed by atoms with Gasteiger partial charge in [-0.05, 0) is 49.4 Å². The zero-order valence-corrected chi connectivity index (χ0v) is 19.5. The Kier molecular flexibility index (Phi) is 5.67. The standard InChI is InChI=1S/C29H26N2S/c1-19-17-20(2)27(21(3)18-19)31-29-25-14-8-10-22-9-7-13-24(26(22)25)28(29)30-15-16-32-23-11-5-4-6-12-23/h4-14,17-18H,15-16H2,1-3H3/b30-28+,31-29+. The summed E-state index contributed by atoms with van der Waals surface area (Å²) in [6, 6.07) is 27.9. The summed E-state index contributed by atoms with van der Waals surface area (Å²) in [6.45, 7) is 7.19. The molecule has 0 saturated carbocycles. The SMILES string of the molecule is Cc1cc(C)c(/N=C2/C(=N/CCSc3ccccc3)c3cccc4cccc2c34)c(C)c1. The molecule has 1 aliphatic rings. The quantitative estimate of drug-likeness (QED) is 0.236. The van der Waals surface area contributed by atoms with Crippen molar-refractivity contribution in [3.63, 3.8) is 0 Å². The monoisotopic (exact) mass is 434 g/mol. The van der Waals surface area contributed by atoms with Crippen molar-refractivity contribution in [2.24, 2.45) is 9.98 Å². The summed E-state index contributed by atoms with van der Waals surface area (Å²) in [5, 5.41) is 2.51. The maximum absolute atomic E-state index is 5.24. The number of hydrogen-bond donors (Lipinski definition) is 0. The van der Waals surface area contributed by atoms with Gasteiger partial charge in [-0.15, -0.1) is 11.8 Å². The fraction of sp³-hybridized carbons (Fsp3) is 0.172. The van der Waals surface area contributed by atoms with Crippen molar-refractivity contribution >= 4 is 39.6 Å². The lowest BCUT2D eigenvalue weighted by molar-refractivity contribution is 1.15. The van der Waals surface area contributed by atoms with E-state index in [9.17, 15) is 0 Å². The summed E-state index contributed by atoms with van der Waals surface area (Å²) < 4.78 is 0. The molecule has 0 aliphatic heterocycles. The minimum absolute atomic E-state index is 0.754. The van der Waals surface area contributed by atoms with Gasteiger partial charge < -0.3 is 0 Å². The fourth-order valence-electron chi connectivity index (χ4n) is 4.56. The normalized spacial score (nSPS) is 15.2. The van der Waals surface area contributed by atoms with Crippen molar-refractivity contribution in [3.8, 4) is 0 Å². The van der Waals surface area contributed by atoms with Gasteiger partial charge in [-0.25, -0.2) is 4.99 Å². The zero-order chi connectivity index (χ0) is 22.1. The van der Waals surface area contributed by atoms with Crippen LogP contribution >= 0.6 is 11.8 Å². The number of aliphatic imine (C=N–C) groups is 2. The maximum Gasteiger partial charge on any atom is 0.0974 e. The summed E-state index contributed by atoms with van der Waals surface area (Å²) in [6.07, 6.45) is 0. The molecule has 1 aliphatic carbocycles. The van der Waals surface area contributed by atoms with Crippen molar-refractivity contribution in [2.45, 2.75) is 25.7 Å². The number of rotatable bonds is 5. The molecule has 0 bridgehead atoms. The molecule has 0 heterocycles. The Morgan fingerprint density at radius 1 is 0.719 bits per heavy atom. The van der Waals surface area contributed by atoms with E-state index in [4.69, 9.17) is 9.98 Å². The second kappa shape index (κ2) is 8.76. The Labute approximate surface area is 194 Å². The van der Waals surface area contributed by atoms with Gasteiger partial charge >= 0.3 is 0 Å². The minimum Gasteiger partial charge on any atom is -0.282 e. The fourth-order valence-corrected chi connectivity index (χ4v) is 5.33. The van der Waals surface area contributed by atoms with E-state index in [1.165, 1.54) is 43.5 Å². The van der Waals surface area contributed by atoms with Crippen LogP contribution in [0.1, 0.15) is 27.8 Å². The smallest absolute Gasteiger partial charge is 0.0974 e. The van der Waals surface area contributed by atoms with Crippen molar-refractivity contribution in [3.05, 3.63) is 107 Å². The van der Waals surface area contributed by atoms with E-state index in [0.717, 1.165) is 29.4 Å². The number of thioether (sulfide) groups is 1. The predicted octanol–water partition coefficient (Wildman–Crippen LogP) is 7.48. The van der Waals surface area contributed by atoms with Crippen LogP contribution in [0.4, 0.5) is 5.69 Å². The lowest BCUT2D eigenvalue weighted by Gasteiger charge is -2.10. The van der Waals surface area contributed by atoms with Crippen LogP contribution in [0, 0.1) is 20.8 Å². The van der Waals surface area contributed by atoms with Crippen LogP contribution in [0.5, 0.6) is 0 Å². The second-order valence-corrected chi connectivity index (χ2v) is 9.48. The van der Waals surface area contributed by atoms with Gasteiger partial charge in [-0.1, -0.05) is 72.3 Å². The van der Waals surface area contributed by atoms with Gasteiger partial charge in [0, 0.05) is 33.7 Å². The van der Waals surface area contributed by atoms with E-state index in [-0.39, 0.29) is 0 Å². The molecule has 0 aromatic heterocycles. The molecule has 5 rings (SSSR count). The number of aryl methyl sites for hydroxylation is 3. The van der Waals surface area contributed by atoms with Crippen LogP contribution in [0.25, 0.3) is 10.8 Å². The summed E-state index contributed by atoms with van der Waals surface area (Å²) in [5.41, 5.74) is 9.14. The van der Waals surface area contributed by atoms with Gasteiger partial charge in [0.25, 0.3) is 0 Å². The molecule has 0 N–H and O–H groups in total. The van der Waals surface area contributed by atoms with Gasteiger partial charge in [-0.3, -0.25) is 4.99 Å². The van der Waals surface area contributed by atoms with E-state index in [0.29, 0.717) is 0 Å². The third kappa shape index (κ3) is 3.89. The van der Waals surface area contributed by atoms with Crippen LogP contribution in [-0.2, 0) is 0 Å². The van der Waals surface area contributed by atoms with Crippen LogP contribution in [0.2, 0.25) is 0 Å². The molecule has 0 spiro atoms. The first-order valence-electron chi connectivity index (χ1n) is 11.0. The Hall–Kier alpha value is -3.17. The molecule has 0 fully saturated rings. The third-order valence-corrected chi connectivity index (χ3v) is 6.86. The van der Waals surface area contributed by atoms with E-state index < -0.39 is 0 Å². The first kappa shape index (κ1) is 20.7. The van der Waals surface area contributed by atoms with Crippen LogP contribution in [-0.4, -0.2) is 23.7 Å². The second-order valence-electron chi connectivity index (χ2n) is 8.31. The largest absolute Gasteiger partial charge is 0.282 e. The van der Waals surface area contributed by atoms with Gasteiger partial charge in [-0.2, -0.15) is 0 Å². The molecule has 4 aromatic carbocycles. The van der Waals surface area contributed by atoms with Crippen molar-refractivity contribution in [1.82, 2.24) is 0 Å². The molecule has 0 radical (unpaired) electrons. The zero-order valence-electron chi connectivity index (χ0n) is 18.7. The molecule has 0 unspecified atom stereocenters. The minimum atomic E-state index is 0.754. The van der Waals surface area contributed by atoms with Crippen LogP contribution < -0.4 is 0 Å². The van der Waals surface area contributed by atoms with Gasteiger partial charge in [0.15, 0.2) is 0 Å². The lowest BCUT2D eigenvalue weighted by Crippen LogP contribution is -2.12. The average molecular weight is 435 g/mol. The molecule has 4 aromatic rings. The Bertz CT molecular complexity index is 1340. The highest BCUT2D eigenvalue weighted by Crippen LogP contribution is 2.34. The predicted molar refractivity (Wildman–Crippen MR) is 139 cm³/mol. The van der Waals surface area contributed by atoms with E-state index in [1.54, 1.807) is 0 Å². The highest BCUT2D eigenvalue weighted by molar-refractivity contribution is 7.99. The average Bonchev–Trinajstić information content (AvgIpc) is 3.09. The number of benzene rings is 4. The Morgan fingerprint density at radius 2 is 1.38 bits per heavy atom. The van der Waals surface area contributed by atoms with Gasteiger partial charge in [0.1, 0.15) is 0 Å². The topological polar surface area (TPSA) is 24.7 Å². The molecule has 158 valence electrons. The number of nitrogens with zero attached hydrogens (tertiary/aromatic N) is 2. The molecule has 3 heteroatoms. The van der Waals surface area contributed by atoms with Crippen molar-refractivity contribution in [2.75, 3.05) is 12.3 Å². The number of hydrogen-bond acceptors (Lipinski definition) is 3. The van der Waals surface area contributed by atoms with E-state index >= 15 is 0 Å². The van der Waals surface area contributed by atoms with Crippen molar-refractivity contribution in [1.29, 1.82) is 0 Å². The van der Waals surface area contributed by atoms with E-state index in [2.05, 4.69) is 99.6 Å². The molecule has 0 amide bonds. The van der Waals surface area contributed by atoms with E-state index in [1.807, 2.05) is 11.8 Å². The molecular formula is C29H26N2S. The summed E-state index contributed by atoms with van der Waals surface area (Å²) in [5.74, 6) is 0.940. The highest BCUT2D eigenvalue weighted by atomic mass is 32.2. The highest BCUT2D eigenvalue weighted by Gasteiger charge is 2.27. The maximum atomic E-state index is 5.24. The first-order chi connectivity index (χ1) is 15.6. The lowest BCUT2D eigenvalue weighted by atomic mass is 10.0. The molecule has 2 nitrogen and oxygen atoms in total. The summed E-state index contributed by atoms with van der Waals surface area (Å²) >= 11 is 1.84. The van der Waals surface area contributed by atoms with Gasteiger partial charge in [0.05, 0.1) is 17.1 Å². The van der Waals surface area contributed by atoms with Crippen molar-refractivity contribution < 1.29 is 0 Å². The summed E-state index contributed by atoms with van der Waals surface area (Å²) in [4.78, 5) is 11.6. The Balaban J connectivity index is 1.57.